The number of carbonyl (C=O) groups excluding carboxylic acids is 1. The van der Waals surface area contributed by atoms with E-state index in [1.165, 1.54) is 0 Å². The predicted molar refractivity (Wildman–Crippen MR) is 54.8 cm³/mol. The molecule has 0 aliphatic rings. The molecule has 0 aromatic rings. The van der Waals surface area contributed by atoms with E-state index >= 15 is 0 Å². The number of Topliss-reactive ketones (excluding diaryl/α,β-unsaturated/α-hetero) is 1. The predicted octanol–water partition coefficient (Wildman–Crippen LogP) is 2.81. The average molecular weight is 186 g/mol. The van der Waals surface area contributed by atoms with Gasteiger partial charge in [0, 0.05) is 12.3 Å². The molecule has 0 heterocycles. The zero-order valence-electron chi connectivity index (χ0n) is 9.68. The number of ether oxygens (including phenoxy) is 1. The highest BCUT2D eigenvalue weighted by Gasteiger charge is 2.18. The van der Waals surface area contributed by atoms with Crippen LogP contribution in [0.25, 0.3) is 0 Å². The Labute approximate surface area is 81.7 Å². The number of hydrogen-bond donors (Lipinski definition) is 0. The summed E-state index contributed by atoms with van der Waals surface area (Å²) in [5, 5.41) is 0. The van der Waals surface area contributed by atoms with Crippen molar-refractivity contribution in [2.45, 2.75) is 59.7 Å². The van der Waals surface area contributed by atoms with Gasteiger partial charge in [-0.05, 0) is 27.7 Å². The van der Waals surface area contributed by atoms with Gasteiger partial charge in [0.25, 0.3) is 0 Å². The summed E-state index contributed by atoms with van der Waals surface area (Å²) in [5.74, 6) is 0.391. The average Bonchev–Trinajstić information content (AvgIpc) is 1.81. The molecule has 0 saturated carbocycles. The van der Waals surface area contributed by atoms with Crippen molar-refractivity contribution in [3.05, 3.63) is 0 Å². The molecule has 0 bridgehead atoms. The molecular weight excluding hydrogens is 164 g/mol. The van der Waals surface area contributed by atoms with Gasteiger partial charge in [-0.2, -0.15) is 0 Å². The molecule has 1 unspecified atom stereocenters. The maximum absolute atomic E-state index is 11.4. The second-order valence-electron chi connectivity index (χ2n) is 4.87. The minimum absolute atomic E-state index is 0.0231. The van der Waals surface area contributed by atoms with E-state index in [0.29, 0.717) is 6.42 Å². The van der Waals surface area contributed by atoms with Gasteiger partial charge in [0.05, 0.1) is 11.7 Å². The molecule has 0 amide bonds. The third-order valence-electron chi connectivity index (χ3n) is 1.69. The fourth-order valence-electron chi connectivity index (χ4n) is 1.16. The number of hydrogen-bond acceptors (Lipinski definition) is 2. The Morgan fingerprint density at radius 3 is 2.00 bits per heavy atom. The Kier molecular flexibility index (Phi) is 4.62. The summed E-state index contributed by atoms with van der Waals surface area (Å²) in [6, 6.07) is 0. The van der Waals surface area contributed by atoms with E-state index in [2.05, 4.69) is 0 Å². The van der Waals surface area contributed by atoms with Crippen LogP contribution in [0.2, 0.25) is 0 Å². The molecule has 78 valence electrons. The fraction of sp³-hybridized carbons (Fsp3) is 0.909. The Balaban J connectivity index is 3.88. The lowest BCUT2D eigenvalue weighted by atomic mass is 10.0. The summed E-state index contributed by atoms with van der Waals surface area (Å²) in [6.45, 7) is 11.8. The number of carbonyl (C=O) groups is 1. The Morgan fingerprint density at radius 2 is 1.69 bits per heavy atom. The summed E-state index contributed by atoms with van der Waals surface area (Å²) in [6.07, 6.45) is 0.546. The van der Waals surface area contributed by atoms with Crippen molar-refractivity contribution in [2.24, 2.45) is 5.92 Å². The minimum Gasteiger partial charge on any atom is -0.372 e. The standard InChI is InChI=1S/C11H22O2/c1-8(2)10(12)7-9(3)13-11(4,5)6/h8-9H,7H2,1-6H3. The highest BCUT2D eigenvalue weighted by Crippen LogP contribution is 2.14. The number of rotatable bonds is 4. The number of ketones is 1. The maximum Gasteiger partial charge on any atom is 0.137 e. The van der Waals surface area contributed by atoms with Crippen LogP contribution in [-0.4, -0.2) is 17.5 Å². The van der Waals surface area contributed by atoms with Gasteiger partial charge in [0.2, 0.25) is 0 Å². The van der Waals surface area contributed by atoms with Gasteiger partial charge in [-0.3, -0.25) is 4.79 Å². The summed E-state index contributed by atoms with van der Waals surface area (Å²) in [4.78, 5) is 11.4. The van der Waals surface area contributed by atoms with Crippen molar-refractivity contribution in [2.75, 3.05) is 0 Å². The van der Waals surface area contributed by atoms with Crippen molar-refractivity contribution < 1.29 is 9.53 Å². The quantitative estimate of drug-likeness (QED) is 0.675. The fourth-order valence-corrected chi connectivity index (χ4v) is 1.16. The summed E-state index contributed by atoms with van der Waals surface area (Å²) in [7, 11) is 0. The molecule has 13 heavy (non-hydrogen) atoms. The van der Waals surface area contributed by atoms with Gasteiger partial charge in [-0.15, -0.1) is 0 Å². The molecule has 0 rings (SSSR count). The van der Waals surface area contributed by atoms with Crippen molar-refractivity contribution in [1.82, 2.24) is 0 Å². The molecule has 0 fully saturated rings. The van der Waals surface area contributed by atoms with E-state index in [4.69, 9.17) is 4.74 Å². The van der Waals surface area contributed by atoms with Crippen LogP contribution in [0, 0.1) is 5.92 Å². The van der Waals surface area contributed by atoms with E-state index in [1.807, 2.05) is 41.5 Å². The van der Waals surface area contributed by atoms with Gasteiger partial charge in [0.1, 0.15) is 5.78 Å². The maximum atomic E-state index is 11.4. The zero-order valence-corrected chi connectivity index (χ0v) is 9.68. The van der Waals surface area contributed by atoms with Gasteiger partial charge in [0.15, 0.2) is 0 Å². The van der Waals surface area contributed by atoms with E-state index in [1.54, 1.807) is 0 Å². The van der Waals surface area contributed by atoms with Crippen LogP contribution in [-0.2, 0) is 9.53 Å². The van der Waals surface area contributed by atoms with Gasteiger partial charge in [-0.25, -0.2) is 0 Å². The van der Waals surface area contributed by atoms with E-state index in [0.717, 1.165) is 0 Å². The third-order valence-corrected chi connectivity index (χ3v) is 1.69. The van der Waals surface area contributed by atoms with Gasteiger partial charge >= 0.3 is 0 Å². The lowest BCUT2D eigenvalue weighted by molar-refractivity contribution is -0.127. The third kappa shape index (κ3) is 6.76. The van der Waals surface area contributed by atoms with Crippen molar-refractivity contribution in [3.8, 4) is 0 Å². The Morgan fingerprint density at radius 1 is 1.23 bits per heavy atom. The summed E-state index contributed by atoms with van der Waals surface area (Å²) < 4.78 is 5.64. The topological polar surface area (TPSA) is 26.3 Å². The smallest absolute Gasteiger partial charge is 0.137 e. The molecule has 0 N–H and O–H groups in total. The van der Waals surface area contributed by atoms with E-state index < -0.39 is 0 Å². The first-order chi connectivity index (χ1) is 5.72. The second-order valence-corrected chi connectivity index (χ2v) is 4.87. The monoisotopic (exact) mass is 186 g/mol. The van der Waals surface area contributed by atoms with Crippen LogP contribution in [0.3, 0.4) is 0 Å². The molecule has 0 aromatic carbocycles. The molecular formula is C11H22O2. The largest absolute Gasteiger partial charge is 0.372 e. The highest BCUT2D eigenvalue weighted by molar-refractivity contribution is 5.80. The Hall–Kier alpha value is -0.370. The van der Waals surface area contributed by atoms with Crippen LogP contribution in [0.5, 0.6) is 0 Å². The highest BCUT2D eigenvalue weighted by atomic mass is 16.5. The SMILES string of the molecule is CC(CC(=O)C(C)C)OC(C)(C)C. The molecule has 0 saturated heterocycles. The first kappa shape index (κ1) is 12.6. The van der Waals surface area contributed by atoms with Crippen LogP contribution in [0.4, 0.5) is 0 Å². The van der Waals surface area contributed by atoms with Crippen LogP contribution in [0.15, 0.2) is 0 Å². The molecule has 0 radical (unpaired) electrons. The molecule has 0 aliphatic heterocycles. The first-order valence-corrected chi connectivity index (χ1v) is 4.93. The normalized spacial score (nSPS) is 14.7. The molecule has 2 nitrogen and oxygen atoms in total. The van der Waals surface area contributed by atoms with Crippen molar-refractivity contribution >= 4 is 5.78 Å². The van der Waals surface area contributed by atoms with Gasteiger partial charge in [-0.1, -0.05) is 13.8 Å². The van der Waals surface area contributed by atoms with Crippen molar-refractivity contribution in [1.29, 1.82) is 0 Å². The van der Waals surface area contributed by atoms with E-state index in [-0.39, 0.29) is 23.4 Å². The van der Waals surface area contributed by atoms with Gasteiger partial charge < -0.3 is 4.74 Å². The second kappa shape index (κ2) is 4.75. The lowest BCUT2D eigenvalue weighted by Crippen LogP contribution is -2.28. The summed E-state index contributed by atoms with van der Waals surface area (Å²) in [5.41, 5.74) is -0.156. The van der Waals surface area contributed by atoms with Crippen LogP contribution < -0.4 is 0 Å². The Bertz CT molecular complexity index is 165. The van der Waals surface area contributed by atoms with Crippen LogP contribution >= 0.6 is 0 Å². The van der Waals surface area contributed by atoms with Crippen LogP contribution in [0.1, 0.15) is 48.0 Å². The molecule has 0 aromatic heterocycles. The lowest BCUT2D eigenvalue weighted by Gasteiger charge is -2.25. The van der Waals surface area contributed by atoms with E-state index in [9.17, 15) is 4.79 Å². The molecule has 0 aliphatic carbocycles. The molecule has 0 spiro atoms. The molecule has 2 heteroatoms. The minimum atomic E-state index is -0.156. The zero-order chi connectivity index (χ0) is 10.6. The van der Waals surface area contributed by atoms with Crippen molar-refractivity contribution in [3.63, 3.8) is 0 Å². The first-order valence-electron chi connectivity index (χ1n) is 4.93. The summed E-state index contributed by atoms with van der Waals surface area (Å²) >= 11 is 0. The molecule has 1 atom stereocenters.